The van der Waals surface area contributed by atoms with Crippen molar-refractivity contribution >= 4 is 60.9 Å². The van der Waals surface area contributed by atoms with Gasteiger partial charge in [-0.1, -0.05) is 29.5 Å². The minimum Gasteiger partial charge on any atom is -0.462 e. The predicted octanol–water partition coefficient (Wildman–Crippen LogP) is 5.48. The Kier molecular flexibility index (Phi) is 7.86. The fourth-order valence-corrected chi connectivity index (χ4v) is 6.78. The molecule has 0 bridgehead atoms. The van der Waals surface area contributed by atoms with Gasteiger partial charge in [-0.05, 0) is 63.6 Å². The summed E-state index contributed by atoms with van der Waals surface area (Å²) in [6.07, 6.45) is 4.71. The summed E-state index contributed by atoms with van der Waals surface area (Å²) in [6, 6.07) is 4.52. The van der Waals surface area contributed by atoms with Crippen molar-refractivity contribution in [2.24, 2.45) is 0 Å². The van der Waals surface area contributed by atoms with Gasteiger partial charge in [-0.2, -0.15) is 9.97 Å². The zero-order chi connectivity index (χ0) is 29.5. The van der Waals surface area contributed by atoms with E-state index in [-0.39, 0.29) is 55.5 Å². The number of carbonyl (C=O) groups is 1. The normalized spacial score (nSPS) is 18.2. The Morgan fingerprint density at radius 3 is 2.71 bits per heavy atom. The van der Waals surface area contributed by atoms with Crippen LogP contribution in [0.15, 0.2) is 30.9 Å². The second-order valence-electron chi connectivity index (χ2n) is 10.7. The summed E-state index contributed by atoms with van der Waals surface area (Å²) in [5.41, 5.74) is 6.47. The number of fused-ring (bicyclic) bond motifs is 2. The van der Waals surface area contributed by atoms with Crippen molar-refractivity contribution in [2.75, 3.05) is 44.3 Å². The number of amides is 1. The molecule has 0 radical (unpaired) electrons. The number of nitrogens with one attached hydrogen (secondary N) is 1. The number of likely N-dealkylation sites (N-methyl/N-ethyl adjacent to an activating group) is 1. The van der Waals surface area contributed by atoms with E-state index in [2.05, 4.69) is 31.7 Å². The number of nitrogen functional groups attached to an aromatic ring is 1. The van der Waals surface area contributed by atoms with E-state index >= 15 is 4.39 Å². The highest BCUT2D eigenvalue weighted by atomic mass is 35.5. The van der Waals surface area contributed by atoms with E-state index in [1.807, 2.05) is 7.05 Å². The highest BCUT2D eigenvalue weighted by Gasteiger charge is 2.27. The van der Waals surface area contributed by atoms with E-state index in [1.54, 1.807) is 11.0 Å². The molecule has 6 rings (SSSR count). The van der Waals surface area contributed by atoms with Gasteiger partial charge in [-0.25, -0.2) is 13.8 Å². The van der Waals surface area contributed by atoms with Crippen LogP contribution < -0.4 is 15.8 Å². The zero-order valence-electron chi connectivity index (χ0n) is 23.0. The smallest absolute Gasteiger partial charge is 0.319 e. The SMILES string of the molecule is C=CC(=O)N1CCC(Nc2nc(OC[C@@H]3CCCN3C)nc3c(F)c(-c4ccc(F)c5sc(N)nc45)c(Cl)cc23)CC1. The fourth-order valence-electron chi connectivity index (χ4n) is 5.72. The van der Waals surface area contributed by atoms with Gasteiger partial charge in [0.05, 0.1) is 15.2 Å². The van der Waals surface area contributed by atoms with Crippen molar-refractivity contribution in [3.05, 3.63) is 47.5 Å². The third kappa shape index (κ3) is 5.34. The van der Waals surface area contributed by atoms with Crippen LogP contribution in [-0.2, 0) is 4.79 Å². The van der Waals surface area contributed by atoms with E-state index in [0.29, 0.717) is 49.3 Å². The summed E-state index contributed by atoms with van der Waals surface area (Å²) in [5.74, 6) is -0.913. The molecule has 0 unspecified atom stereocenters. The minimum absolute atomic E-state index is 0.0154. The summed E-state index contributed by atoms with van der Waals surface area (Å²) < 4.78 is 37.3. The van der Waals surface area contributed by atoms with Gasteiger partial charge in [0.1, 0.15) is 23.8 Å². The Hall–Kier alpha value is -3.61. The average Bonchev–Trinajstić information content (AvgIpc) is 3.58. The number of anilines is 2. The van der Waals surface area contributed by atoms with Crippen molar-refractivity contribution in [1.29, 1.82) is 0 Å². The summed E-state index contributed by atoms with van der Waals surface area (Å²) in [7, 11) is 2.04. The zero-order valence-corrected chi connectivity index (χ0v) is 24.6. The number of nitrogens with two attached hydrogens (primary N) is 1. The van der Waals surface area contributed by atoms with Crippen LogP contribution >= 0.6 is 22.9 Å². The van der Waals surface area contributed by atoms with Gasteiger partial charge in [-0.15, -0.1) is 0 Å². The summed E-state index contributed by atoms with van der Waals surface area (Å²) in [5, 5.41) is 4.07. The number of hydrogen-bond acceptors (Lipinski definition) is 9. The third-order valence-electron chi connectivity index (χ3n) is 8.04. The summed E-state index contributed by atoms with van der Waals surface area (Å²) in [6.45, 7) is 6.02. The van der Waals surface area contributed by atoms with Gasteiger partial charge >= 0.3 is 6.01 Å². The topological polar surface area (TPSA) is 110 Å². The molecule has 1 amide bonds. The number of thiazole rings is 1. The molecule has 13 heteroatoms. The van der Waals surface area contributed by atoms with E-state index in [1.165, 1.54) is 18.2 Å². The molecule has 4 aromatic rings. The number of carbonyl (C=O) groups excluding carboxylic acids is 1. The molecule has 4 heterocycles. The molecule has 2 aliphatic rings. The van der Waals surface area contributed by atoms with Gasteiger partial charge in [0, 0.05) is 41.7 Å². The standard InChI is InChI=1S/C29H30ClF2N7O2S/c1-3-21(40)39-11-8-15(9-12-39)34-27-18-13-19(30)22(17-6-7-20(31)26-25(17)35-28(33)42-26)23(32)24(18)36-29(37-27)41-14-16-5-4-10-38(16)2/h3,6-7,13,15-16H,1,4-5,8-12,14H2,2H3,(H2,33,35)(H,34,36,37)/t16-/m0/s1. The highest BCUT2D eigenvalue weighted by molar-refractivity contribution is 7.22. The summed E-state index contributed by atoms with van der Waals surface area (Å²) in [4.78, 5) is 29.4. The van der Waals surface area contributed by atoms with E-state index < -0.39 is 11.6 Å². The number of hydrogen-bond donors (Lipinski definition) is 2. The van der Waals surface area contributed by atoms with Crippen molar-refractivity contribution in [2.45, 2.75) is 37.8 Å². The lowest BCUT2D eigenvalue weighted by Crippen LogP contribution is -2.41. The van der Waals surface area contributed by atoms with Crippen LogP contribution in [0.4, 0.5) is 19.7 Å². The first-order valence-corrected chi connectivity index (χ1v) is 15.0. The largest absolute Gasteiger partial charge is 0.462 e. The number of aromatic nitrogens is 3. The van der Waals surface area contributed by atoms with E-state index in [9.17, 15) is 9.18 Å². The Labute approximate surface area is 250 Å². The molecule has 2 aromatic carbocycles. The Balaban J connectivity index is 1.41. The van der Waals surface area contributed by atoms with Crippen molar-refractivity contribution in [3.63, 3.8) is 0 Å². The average molecular weight is 614 g/mol. The van der Waals surface area contributed by atoms with Crippen LogP contribution in [0.1, 0.15) is 25.7 Å². The molecule has 9 nitrogen and oxygen atoms in total. The van der Waals surface area contributed by atoms with Crippen LogP contribution in [0.25, 0.3) is 32.2 Å². The number of benzene rings is 2. The molecule has 0 aliphatic carbocycles. The first-order valence-electron chi connectivity index (χ1n) is 13.8. The van der Waals surface area contributed by atoms with E-state index in [4.69, 9.17) is 22.1 Å². The lowest BCUT2D eigenvalue weighted by Gasteiger charge is -2.32. The maximum atomic E-state index is 16.5. The lowest BCUT2D eigenvalue weighted by molar-refractivity contribution is -0.126. The maximum Gasteiger partial charge on any atom is 0.319 e. The molecular formula is C29H30ClF2N7O2S. The number of rotatable bonds is 7. The second kappa shape index (κ2) is 11.6. The molecule has 0 saturated carbocycles. The van der Waals surface area contributed by atoms with Crippen molar-refractivity contribution < 1.29 is 18.3 Å². The monoisotopic (exact) mass is 613 g/mol. The maximum absolute atomic E-state index is 16.5. The van der Waals surface area contributed by atoms with Crippen molar-refractivity contribution in [1.82, 2.24) is 24.8 Å². The molecule has 2 saturated heterocycles. The molecule has 42 heavy (non-hydrogen) atoms. The van der Waals surface area contributed by atoms with Gasteiger partial charge in [0.2, 0.25) is 5.91 Å². The van der Waals surface area contributed by atoms with E-state index in [0.717, 1.165) is 30.7 Å². The Morgan fingerprint density at radius 2 is 2.00 bits per heavy atom. The van der Waals surface area contributed by atoms with Crippen molar-refractivity contribution in [3.8, 4) is 17.1 Å². The number of nitrogens with zero attached hydrogens (tertiary/aromatic N) is 5. The van der Waals surface area contributed by atoms with Crippen LogP contribution in [-0.4, -0.2) is 76.0 Å². The highest BCUT2D eigenvalue weighted by Crippen LogP contribution is 2.42. The third-order valence-corrected chi connectivity index (χ3v) is 9.23. The molecule has 3 N–H and O–H groups in total. The van der Waals surface area contributed by atoms with Gasteiger partial charge < -0.3 is 25.6 Å². The first-order chi connectivity index (χ1) is 20.2. The lowest BCUT2D eigenvalue weighted by atomic mass is 10.0. The quantitative estimate of drug-likeness (QED) is 0.264. The molecular weight excluding hydrogens is 584 g/mol. The van der Waals surface area contributed by atoms with Gasteiger partial charge in [-0.3, -0.25) is 4.79 Å². The van der Waals surface area contributed by atoms with Crippen LogP contribution in [0.2, 0.25) is 5.02 Å². The molecule has 0 spiro atoms. The van der Waals surface area contributed by atoms with Gasteiger partial charge in [0.15, 0.2) is 10.9 Å². The predicted molar refractivity (Wildman–Crippen MR) is 162 cm³/mol. The Morgan fingerprint density at radius 1 is 1.21 bits per heavy atom. The van der Waals surface area contributed by atoms with Gasteiger partial charge in [0.25, 0.3) is 0 Å². The number of piperidine rings is 1. The molecule has 1 atom stereocenters. The van der Waals surface area contributed by atoms with Crippen LogP contribution in [0.3, 0.4) is 0 Å². The second-order valence-corrected chi connectivity index (χ2v) is 12.1. The number of ether oxygens (including phenoxy) is 1. The Bertz CT molecular complexity index is 1690. The van der Waals surface area contributed by atoms with Crippen LogP contribution in [0, 0.1) is 11.6 Å². The number of halogens is 3. The first kappa shape index (κ1) is 28.5. The van der Waals surface area contributed by atoms with Crippen LogP contribution in [0.5, 0.6) is 6.01 Å². The summed E-state index contributed by atoms with van der Waals surface area (Å²) >= 11 is 7.70. The molecule has 2 aliphatic heterocycles. The molecule has 2 fully saturated rings. The number of likely N-dealkylation sites (tertiary alicyclic amines) is 2. The molecule has 220 valence electrons. The fraction of sp³-hybridized carbons (Fsp3) is 0.379. The molecule has 2 aromatic heterocycles. The minimum atomic E-state index is -0.698.